The van der Waals surface area contributed by atoms with Crippen LogP contribution in [0.5, 0.6) is 0 Å². The fraction of sp³-hybridized carbons (Fsp3) is 0.118. The summed E-state index contributed by atoms with van der Waals surface area (Å²) in [6.45, 7) is 13.9. The molecule has 0 radical (unpaired) electrons. The summed E-state index contributed by atoms with van der Waals surface area (Å²) in [5, 5.41) is 9.66. The van der Waals surface area contributed by atoms with E-state index in [9.17, 15) is 0 Å². The molecule has 0 bridgehead atoms. The van der Waals surface area contributed by atoms with Crippen LogP contribution in [0.15, 0.2) is 229 Å². The summed E-state index contributed by atoms with van der Waals surface area (Å²) in [6, 6.07) is 82.8. The highest BCUT2D eigenvalue weighted by atomic mass is 16.3. The fourth-order valence-electron chi connectivity index (χ4n) is 10.7. The monoisotopic (exact) mass is 901 g/mol. The van der Waals surface area contributed by atoms with Gasteiger partial charge in [-0.1, -0.05) is 224 Å². The van der Waals surface area contributed by atoms with Gasteiger partial charge in [-0.05, 0) is 130 Å². The molecule has 0 aliphatic heterocycles. The van der Waals surface area contributed by atoms with Gasteiger partial charge >= 0.3 is 0 Å². The third kappa shape index (κ3) is 7.52. The highest BCUT2D eigenvalue weighted by molar-refractivity contribution is 6.14. The van der Waals surface area contributed by atoms with Crippen LogP contribution in [0.4, 0.5) is 17.1 Å². The minimum absolute atomic E-state index is 0.0204. The van der Waals surface area contributed by atoms with Crippen molar-refractivity contribution in [3.05, 3.63) is 236 Å². The first-order chi connectivity index (χ1) is 34.0. The number of fused-ring (bicyclic) bond motifs is 7. The smallest absolute Gasteiger partial charge is 0.136 e. The van der Waals surface area contributed by atoms with Crippen LogP contribution in [0.25, 0.3) is 98.8 Å². The first-order valence-corrected chi connectivity index (χ1v) is 24.6. The molecule has 0 fully saturated rings. The van der Waals surface area contributed by atoms with E-state index < -0.39 is 0 Å². The molecule has 2 heteroatoms. The maximum Gasteiger partial charge on any atom is 0.136 e. The maximum atomic E-state index is 6.43. The lowest BCUT2D eigenvalue weighted by Crippen LogP contribution is -2.16. The summed E-state index contributed by atoms with van der Waals surface area (Å²) < 4.78 is 6.43. The van der Waals surface area contributed by atoms with Crippen LogP contribution in [0, 0.1) is 0 Å². The first-order valence-electron chi connectivity index (χ1n) is 24.6. The molecule has 338 valence electrons. The average molecular weight is 902 g/mol. The lowest BCUT2D eigenvalue weighted by atomic mass is 9.78. The molecular weight excluding hydrogens is 847 g/mol. The Kier molecular flexibility index (Phi) is 10.3. The normalized spacial score (nSPS) is 12.1. The third-order valence-corrected chi connectivity index (χ3v) is 14.4. The molecule has 2 nitrogen and oxygen atoms in total. The zero-order chi connectivity index (χ0) is 47.7. The highest BCUT2D eigenvalue weighted by Gasteiger charge is 2.25. The number of nitrogens with zero attached hydrogens (tertiary/aromatic N) is 1. The standard InChI is InChI=1S/C68H55NO/c1-67(2,3)49-39-48(40-50(43-49)68(4,5)6)53-28-16-20-45-21-17-31-61(66(45)53)58-26-10-13-33-63(58)69(51-23-15-22-46(41-51)47-36-38-60-59-27-11-14-34-64(59)70-65(60)42-47)62-32-12-9-25-57(62)55-30-18-29-54-52-24-8-7-19-44(52)35-37-56(54)55/h7-43H,1-6H3. The van der Waals surface area contributed by atoms with Gasteiger partial charge in [-0.15, -0.1) is 0 Å². The molecule has 0 saturated heterocycles. The highest BCUT2D eigenvalue weighted by Crippen LogP contribution is 2.49. The Balaban J connectivity index is 1.11. The first kappa shape index (κ1) is 43.1. The van der Waals surface area contributed by atoms with E-state index in [2.05, 4.69) is 259 Å². The van der Waals surface area contributed by atoms with Gasteiger partial charge in [-0.3, -0.25) is 0 Å². The van der Waals surface area contributed by atoms with Gasteiger partial charge in [-0.25, -0.2) is 0 Å². The van der Waals surface area contributed by atoms with Crippen LogP contribution in [-0.2, 0) is 10.8 Å². The topological polar surface area (TPSA) is 16.4 Å². The van der Waals surface area contributed by atoms with Crippen LogP contribution in [-0.4, -0.2) is 0 Å². The zero-order valence-corrected chi connectivity index (χ0v) is 40.7. The van der Waals surface area contributed by atoms with Crippen LogP contribution in [0.2, 0.25) is 0 Å². The molecule has 0 saturated carbocycles. The SMILES string of the molecule is CC(C)(C)c1cc(-c2cccc3cccc(-c4ccccc4N(c4cccc(-c5ccc6c(c5)oc5ccccc56)c4)c4ccccc4-c4cccc5c4ccc4ccccc45)c23)cc(C(C)(C)C)c1. The fourth-order valence-corrected chi connectivity index (χ4v) is 10.7. The molecule has 0 amide bonds. The number of hydrogen-bond donors (Lipinski definition) is 0. The Morgan fingerprint density at radius 3 is 1.59 bits per heavy atom. The number of para-hydroxylation sites is 3. The van der Waals surface area contributed by atoms with Crippen molar-refractivity contribution in [1.29, 1.82) is 0 Å². The number of hydrogen-bond acceptors (Lipinski definition) is 2. The van der Waals surface area contributed by atoms with E-state index in [1.165, 1.54) is 65.7 Å². The van der Waals surface area contributed by atoms with Crippen molar-refractivity contribution in [2.24, 2.45) is 0 Å². The second-order valence-corrected chi connectivity index (χ2v) is 20.9. The van der Waals surface area contributed by atoms with Gasteiger partial charge in [0, 0.05) is 27.6 Å². The lowest BCUT2D eigenvalue weighted by molar-refractivity contribution is 0.569. The number of benzene rings is 11. The van der Waals surface area contributed by atoms with Gasteiger partial charge in [-0.2, -0.15) is 0 Å². The van der Waals surface area contributed by atoms with E-state index in [1.54, 1.807) is 0 Å². The van der Waals surface area contributed by atoms with E-state index >= 15 is 0 Å². The molecule has 0 aliphatic carbocycles. The summed E-state index contributed by atoms with van der Waals surface area (Å²) in [5.41, 5.74) is 17.0. The van der Waals surface area contributed by atoms with Crippen molar-refractivity contribution in [3.63, 3.8) is 0 Å². The zero-order valence-electron chi connectivity index (χ0n) is 40.7. The predicted molar refractivity (Wildman–Crippen MR) is 300 cm³/mol. The van der Waals surface area contributed by atoms with Crippen molar-refractivity contribution in [3.8, 4) is 44.5 Å². The van der Waals surface area contributed by atoms with Crippen molar-refractivity contribution in [1.82, 2.24) is 0 Å². The molecular formula is C68H55NO. The van der Waals surface area contributed by atoms with Crippen LogP contribution >= 0.6 is 0 Å². The number of rotatable bonds is 7. The van der Waals surface area contributed by atoms with Gasteiger partial charge < -0.3 is 9.32 Å². The molecule has 0 aliphatic rings. The Hall–Kier alpha value is -8.20. The van der Waals surface area contributed by atoms with Crippen molar-refractivity contribution < 1.29 is 4.42 Å². The Bertz CT molecular complexity index is 3950. The van der Waals surface area contributed by atoms with E-state index in [1.807, 2.05) is 12.1 Å². The van der Waals surface area contributed by atoms with Crippen molar-refractivity contribution in [2.45, 2.75) is 52.4 Å². The van der Waals surface area contributed by atoms with E-state index in [0.29, 0.717) is 0 Å². The minimum Gasteiger partial charge on any atom is -0.456 e. The van der Waals surface area contributed by atoms with Crippen LogP contribution < -0.4 is 4.90 Å². The second kappa shape index (κ2) is 16.8. The molecule has 0 atom stereocenters. The molecule has 11 aromatic carbocycles. The minimum atomic E-state index is -0.0204. The van der Waals surface area contributed by atoms with Crippen molar-refractivity contribution >= 4 is 71.3 Å². The molecule has 12 rings (SSSR count). The molecule has 0 unspecified atom stereocenters. The van der Waals surface area contributed by atoms with E-state index in [-0.39, 0.29) is 10.8 Å². The van der Waals surface area contributed by atoms with E-state index in [4.69, 9.17) is 4.42 Å². The predicted octanol–water partition coefficient (Wildman–Crippen LogP) is 19.8. The van der Waals surface area contributed by atoms with E-state index in [0.717, 1.165) is 61.3 Å². The summed E-state index contributed by atoms with van der Waals surface area (Å²) >= 11 is 0. The molecule has 0 N–H and O–H groups in total. The Morgan fingerprint density at radius 1 is 0.314 bits per heavy atom. The summed E-state index contributed by atoms with van der Waals surface area (Å²) in [6.07, 6.45) is 0. The van der Waals surface area contributed by atoms with Gasteiger partial charge in [0.1, 0.15) is 11.2 Å². The lowest BCUT2D eigenvalue weighted by Gasteiger charge is -2.31. The molecule has 12 aromatic rings. The number of furan rings is 1. The van der Waals surface area contributed by atoms with Crippen LogP contribution in [0.3, 0.4) is 0 Å². The number of anilines is 3. The summed E-state index contributed by atoms with van der Waals surface area (Å²) in [4.78, 5) is 2.49. The van der Waals surface area contributed by atoms with Gasteiger partial charge in [0.15, 0.2) is 0 Å². The Labute approximate surface area is 411 Å². The molecule has 1 heterocycles. The summed E-state index contributed by atoms with van der Waals surface area (Å²) in [5.74, 6) is 0. The van der Waals surface area contributed by atoms with Crippen LogP contribution in [0.1, 0.15) is 52.7 Å². The molecule has 0 spiro atoms. The van der Waals surface area contributed by atoms with Gasteiger partial charge in [0.25, 0.3) is 0 Å². The Morgan fingerprint density at radius 2 is 0.843 bits per heavy atom. The molecule has 70 heavy (non-hydrogen) atoms. The quantitative estimate of drug-likeness (QED) is 0.148. The van der Waals surface area contributed by atoms with Crippen molar-refractivity contribution in [2.75, 3.05) is 4.90 Å². The average Bonchev–Trinajstić information content (AvgIpc) is 3.76. The largest absolute Gasteiger partial charge is 0.456 e. The summed E-state index contributed by atoms with van der Waals surface area (Å²) in [7, 11) is 0. The second-order valence-electron chi connectivity index (χ2n) is 20.9. The van der Waals surface area contributed by atoms with Gasteiger partial charge in [0.05, 0.1) is 11.4 Å². The third-order valence-electron chi connectivity index (χ3n) is 14.4. The molecule has 1 aromatic heterocycles. The van der Waals surface area contributed by atoms with Gasteiger partial charge in [0.2, 0.25) is 0 Å². The maximum absolute atomic E-state index is 6.43.